The molecule has 0 saturated carbocycles. The van der Waals surface area contributed by atoms with Crippen molar-refractivity contribution in [2.75, 3.05) is 7.11 Å². The standard InChI is InChI=1S/C14H11NO4/c1-7(16)13-12-11-8(4-6-10(17)15-12)3-5-9(18-2)14(11)19-13/h3-6,16H,1-2H3/b13-7-. The van der Waals surface area contributed by atoms with E-state index in [1.165, 1.54) is 20.1 Å². The zero-order valence-electron chi connectivity index (χ0n) is 10.4. The van der Waals surface area contributed by atoms with E-state index in [4.69, 9.17) is 9.15 Å². The van der Waals surface area contributed by atoms with Gasteiger partial charge >= 0.3 is 0 Å². The average molecular weight is 257 g/mol. The van der Waals surface area contributed by atoms with E-state index in [0.29, 0.717) is 22.2 Å². The second kappa shape index (κ2) is 3.98. The fourth-order valence-corrected chi connectivity index (χ4v) is 2.15. The second-order valence-corrected chi connectivity index (χ2v) is 4.21. The molecule has 0 saturated heterocycles. The first-order chi connectivity index (χ1) is 9.11. The van der Waals surface area contributed by atoms with Gasteiger partial charge in [0.15, 0.2) is 16.7 Å². The molecular weight excluding hydrogens is 246 g/mol. The molecule has 0 aliphatic carbocycles. The van der Waals surface area contributed by atoms with Crippen LogP contribution in [0.3, 0.4) is 0 Å². The molecule has 5 heteroatoms. The lowest BCUT2D eigenvalue weighted by Crippen LogP contribution is -2.06. The minimum atomic E-state index is -0.389. The fourth-order valence-electron chi connectivity index (χ4n) is 2.15. The molecule has 0 atom stereocenters. The molecule has 5 nitrogen and oxygen atoms in total. The highest BCUT2D eigenvalue weighted by Gasteiger charge is 2.15. The molecule has 0 spiro atoms. The van der Waals surface area contributed by atoms with Gasteiger partial charge in [-0.1, -0.05) is 6.07 Å². The van der Waals surface area contributed by atoms with Gasteiger partial charge in [-0.15, -0.1) is 0 Å². The number of aromatic nitrogens is 1. The molecule has 0 amide bonds. The SMILES string of the molecule is COc1ccc2ccc(=O)nc3/c(=C(\C)O)oc1c23. The predicted octanol–water partition coefficient (Wildman–Crippen LogP) is 1.75. The van der Waals surface area contributed by atoms with Gasteiger partial charge in [-0.25, -0.2) is 4.98 Å². The second-order valence-electron chi connectivity index (χ2n) is 4.21. The lowest BCUT2D eigenvalue weighted by Gasteiger charge is -1.99. The quantitative estimate of drug-likeness (QED) is 0.719. The molecule has 0 bridgehead atoms. The summed E-state index contributed by atoms with van der Waals surface area (Å²) < 4.78 is 10.8. The highest BCUT2D eigenvalue weighted by atomic mass is 16.5. The normalized spacial score (nSPS) is 12.9. The summed E-state index contributed by atoms with van der Waals surface area (Å²) in [6.07, 6.45) is 0. The molecular formula is C14H11NO4. The molecule has 0 fully saturated rings. The Morgan fingerprint density at radius 3 is 2.74 bits per heavy atom. The van der Waals surface area contributed by atoms with E-state index in [1.807, 2.05) is 6.07 Å². The van der Waals surface area contributed by atoms with Crippen LogP contribution in [-0.2, 0) is 0 Å². The Hall–Kier alpha value is -2.56. The summed E-state index contributed by atoms with van der Waals surface area (Å²) >= 11 is 0. The zero-order valence-corrected chi connectivity index (χ0v) is 10.4. The topological polar surface area (TPSA) is 72.6 Å². The van der Waals surface area contributed by atoms with Gasteiger partial charge in [-0.05, 0) is 24.4 Å². The number of benzene rings is 1. The van der Waals surface area contributed by atoms with Gasteiger partial charge in [0.1, 0.15) is 11.3 Å². The summed E-state index contributed by atoms with van der Waals surface area (Å²) in [6.45, 7) is 1.48. The van der Waals surface area contributed by atoms with Crippen LogP contribution in [0.15, 0.2) is 33.5 Å². The number of methoxy groups -OCH3 is 1. The van der Waals surface area contributed by atoms with Gasteiger partial charge in [0.2, 0.25) is 0 Å². The van der Waals surface area contributed by atoms with E-state index in [-0.39, 0.29) is 16.7 Å². The van der Waals surface area contributed by atoms with Crippen LogP contribution in [0.1, 0.15) is 6.92 Å². The van der Waals surface area contributed by atoms with Crippen molar-refractivity contribution < 1.29 is 14.3 Å². The number of rotatable bonds is 1. The van der Waals surface area contributed by atoms with Gasteiger partial charge < -0.3 is 14.3 Å². The van der Waals surface area contributed by atoms with Gasteiger partial charge in [0.05, 0.1) is 12.5 Å². The fraction of sp³-hybridized carbons (Fsp3) is 0.143. The van der Waals surface area contributed by atoms with Crippen LogP contribution < -0.4 is 15.7 Å². The Balaban J connectivity index is 2.75. The van der Waals surface area contributed by atoms with Gasteiger partial charge in [0, 0.05) is 6.07 Å². The summed E-state index contributed by atoms with van der Waals surface area (Å²) in [6, 6.07) is 6.64. The van der Waals surface area contributed by atoms with Crippen molar-refractivity contribution in [3.8, 4) is 5.75 Å². The van der Waals surface area contributed by atoms with E-state index in [9.17, 15) is 9.90 Å². The minimum absolute atomic E-state index is 0.0300. The lowest BCUT2D eigenvalue weighted by molar-refractivity contribution is 0.406. The van der Waals surface area contributed by atoms with Crippen LogP contribution >= 0.6 is 0 Å². The Morgan fingerprint density at radius 2 is 2.05 bits per heavy atom. The van der Waals surface area contributed by atoms with Crippen LogP contribution in [0, 0.1) is 0 Å². The molecule has 0 aliphatic heterocycles. The summed E-state index contributed by atoms with van der Waals surface area (Å²) in [5.74, 6) is 0.503. The van der Waals surface area contributed by atoms with Crippen LogP contribution in [0.5, 0.6) is 5.75 Å². The molecule has 19 heavy (non-hydrogen) atoms. The summed E-state index contributed by atoms with van der Waals surface area (Å²) in [5.41, 5.74) is 0.624. The molecule has 0 aliphatic rings. The van der Waals surface area contributed by atoms with Crippen LogP contribution in [0.25, 0.3) is 27.6 Å². The number of aliphatic hydroxyl groups excluding tert-OH is 1. The van der Waals surface area contributed by atoms with Crippen LogP contribution in [0.4, 0.5) is 0 Å². The maximum Gasteiger partial charge on any atom is 0.270 e. The monoisotopic (exact) mass is 257 g/mol. The Kier molecular flexibility index (Phi) is 2.41. The number of aliphatic hydroxyl groups is 1. The third-order valence-corrected chi connectivity index (χ3v) is 2.99. The van der Waals surface area contributed by atoms with Crippen LogP contribution in [0.2, 0.25) is 0 Å². The maximum absolute atomic E-state index is 11.6. The summed E-state index contributed by atoms with van der Waals surface area (Å²) in [4.78, 5) is 15.6. The molecule has 0 unspecified atom stereocenters. The molecule has 96 valence electrons. The van der Waals surface area contributed by atoms with Gasteiger partial charge in [-0.3, -0.25) is 4.79 Å². The van der Waals surface area contributed by atoms with Gasteiger partial charge in [-0.2, -0.15) is 0 Å². The third kappa shape index (κ3) is 1.62. The molecule has 3 aromatic rings. The molecule has 3 rings (SSSR count). The Morgan fingerprint density at radius 1 is 1.32 bits per heavy atom. The molecule has 1 aromatic carbocycles. The molecule has 1 N–H and O–H groups in total. The van der Waals surface area contributed by atoms with Crippen molar-refractivity contribution in [3.63, 3.8) is 0 Å². The Labute approximate surface area is 107 Å². The van der Waals surface area contributed by atoms with Crippen molar-refractivity contribution in [1.29, 1.82) is 0 Å². The molecule has 0 radical (unpaired) electrons. The van der Waals surface area contributed by atoms with Crippen LogP contribution in [-0.4, -0.2) is 17.2 Å². The van der Waals surface area contributed by atoms with E-state index in [0.717, 1.165) is 5.39 Å². The first-order valence-corrected chi connectivity index (χ1v) is 5.72. The predicted molar refractivity (Wildman–Crippen MR) is 71.3 cm³/mol. The highest BCUT2D eigenvalue weighted by Crippen LogP contribution is 2.30. The van der Waals surface area contributed by atoms with E-state index >= 15 is 0 Å². The van der Waals surface area contributed by atoms with Crippen molar-refractivity contribution in [2.24, 2.45) is 0 Å². The first-order valence-electron chi connectivity index (χ1n) is 5.72. The third-order valence-electron chi connectivity index (χ3n) is 2.99. The average Bonchev–Trinajstić information content (AvgIpc) is 2.67. The van der Waals surface area contributed by atoms with Crippen molar-refractivity contribution in [2.45, 2.75) is 6.92 Å². The minimum Gasteiger partial charge on any atom is -0.509 e. The largest absolute Gasteiger partial charge is 0.509 e. The number of hydrogen-bond acceptors (Lipinski definition) is 5. The van der Waals surface area contributed by atoms with E-state index in [2.05, 4.69) is 4.98 Å². The van der Waals surface area contributed by atoms with Crippen molar-refractivity contribution in [1.82, 2.24) is 4.98 Å². The number of hydrogen-bond donors (Lipinski definition) is 1. The van der Waals surface area contributed by atoms with Crippen molar-refractivity contribution in [3.05, 3.63) is 40.0 Å². The first kappa shape index (κ1) is 11.5. The highest BCUT2D eigenvalue weighted by molar-refractivity contribution is 6.08. The summed E-state index contributed by atoms with van der Waals surface area (Å²) in [7, 11) is 1.53. The number of nitrogens with zero attached hydrogens (tertiary/aromatic N) is 1. The lowest BCUT2D eigenvalue weighted by atomic mass is 10.1. The molecule has 2 aromatic heterocycles. The smallest absolute Gasteiger partial charge is 0.270 e. The summed E-state index contributed by atoms with van der Waals surface area (Å²) in [5, 5.41) is 11.2. The molecule has 2 heterocycles. The number of ether oxygens (including phenoxy) is 1. The van der Waals surface area contributed by atoms with Gasteiger partial charge in [0.25, 0.3) is 5.56 Å². The van der Waals surface area contributed by atoms with E-state index in [1.54, 1.807) is 12.1 Å². The maximum atomic E-state index is 11.6. The van der Waals surface area contributed by atoms with E-state index < -0.39 is 0 Å². The zero-order chi connectivity index (χ0) is 13.6. The Bertz CT molecular complexity index is 891. The van der Waals surface area contributed by atoms with Crippen molar-refractivity contribution >= 4 is 27.6 Å². The number of furan rings is 1.